The SMILES string of the molecule is CC1(C)c2ccccc2-c2c(N(c3ccccc3-c3ccc4ccccc4c3)c3cccc4c3ccc3oc5ccccc5c34)cccc21. The van der Waals surface area contributed by atoms with Crippen molar-refractivity contribution in [3.63, 3.8) is 0 Å². The number of para-hydroxylation sites is 2. The van der Waals surface area contributed by atoms with Gasteiger partial charge < -0.3 is 9.32 Å². The van der Waals surface area contributed by atoms with Crippen molar-refractivity contribution in [3.8, 4) is 22.3 Å². The maximum atomic E-state index is 6.35. The largest absolute Gasteiger partial charge is 0.456 e. The highest BCUT2D eigenvalue weighted by atomic mass is 16.3. The molecule has 9 aromatic rings. The van der Waals surface area contributed by atoms with Crippen LogP contribution in [0, 0.1) is 0 Å². The molecule has 8 aromatic carbocycles. The van der Waals surface area contributed by atoms with Crippen LogP contribution in [0.15, 0.2) is 168 Å². The average molecular weight is 628 g/mol. The summed E-state index contributed by atoms with van der Waals surface area (Å²) in [4.78, 5) is 2.51. The number of anilines is 3. The van der Waals surface area contributed by atoms with Gasteiger partial charge in [0.15, 0.2) is 0 Å². The van der Waals surface area contributed by atoms with E-state index in [0.717, 1.165) is 33.3 Å². The normalized spacial score (nSPS) is 13.3. The summed E-state index contributed by atoms with van der Waals surface area (Å²) in [7, 11) is 0. The van der Waals surface area contributed by atoms with Crippen LogP contribution in [-0.2, 0) is 5.41 Å². The molecule has 2 heteroatoms. The third-order valence-corrected chi connectivity index (χ3v) is 10.6. The molecule has 49 heavy (non-hydrogen) atoms. The molecular formula is C47H33NO. The van der Waals surface area contributed by atoms with E-state index < -0.39 is 0 Å². The smallest absolute Gasteiger partial charge is 0.136 e. The molecule has 0 aliphatic heterocycles. The van der Waals surface area contributed by atoms with Gasteiger partial charge in [-0.05, 0) is 80.9 Å². The maximum absolute atomic E-state index is 6.35. The number of fused-ring (bicyclic) bond motifs is 9. The molecule has 1 heterocycles. The van der Waals surface area contributed by atoms with Gasteiger partial charge in [0.1, 0.15) is 11.2 Å². The summed E-state index contributed by atoms with van der Waals surface area (Å²) in [5, 5.41) is 7.13. The molecule has 0 unspecified atom stereocenters. The summed E-state index contributed by atoms with van der Waals surface area (Å²) in [6.07, 6.45) is 0. The Morgan fingerprint density at radius 2 is 1.12 bits per heavy atom. The molecule has 2 nitrogen and oxygen atoms in total. The van der Waals surface area contributed by atoms with E-state index in [2.05, 4.69) is 176 Å². The summed E-state index contributed by atoms with van der Waals surface area (Å²) in [5.74, 6) is 0. The number of rotatable bonds is 4. The lowest BCUT2D eigenvalue weighted by Crippen LogP contribution is -2.16. The minimum atomic E-state index is -0.119. The van der Waals surface area contributed by atoms with E-state index >= 15 is 0 Å². The van der Waals surface area contributed by atoms with Gasteiger partial charge in [0.05, 0.1) is 17.1 Å². The first-order chi connectivity index (χ1) is 24.1. The molecule has 0 saturated carbocycles. The van der Waals surface area contributed by atoms with Crippen molar-refractivity contribution in [2.75, 3.05) is 4.90 Å². The van der Waals surface area contributed by atoms with E-state index in [1.54, 1.807) is 0 Å². The Labute approximate surface area is 285 Å². The van der Waals surface area contributed by atoms with Crippen molar-refractivity contribution < 1.29 is 4.42 Å². The second-order valence-electron chi connectivity index (χ2n) is 13.7. The summed E-state index contributed by atoms with van der Waals surface area (Å²) >= 11 is 0. The molecule has 0 N–H and O–H groups in total. The molecule has 0 fully saturated rings. The van der Waals surface area contributed by atoms with Crippen LogP contribution in [0.3, 0.4) is 0 Å². The lowest BCUT2D eigenvalue weighted by atomic mass is 9.82. The average Bonchev–Trinajstić information content (AvgIpc) is 3.65. The molecule has 1 aliphatic carbocycles. The number of benzene rings is 8. The first kappa shape index (κ1) is 27.9. The Kier molecular flexibility index (Phi) is 5.95. The zero-order chi connectivity index (χ0) is 32.7. The predicted molar refractivity (Wildman–Crippen MR) is 206 cm³/mol. The topological polar surface area (TPSA) is 16.4 Å². The van der Waals surface area contributed by atoms with Crippen LogP contribution in [0.1, 0.15) is 25.0 Å². The van der Waals surface area contributed by atoms with Gasteiger partial charge in [0.25, 0.3) is 0 Å². The van der Waals surface area contributed by atoms with Crippen molar-refractivity contribution >= 4 is 60.5 Å². The third-order valence-electron chi connectivity index (χ3n) is 10.6. The van der Waals surface area contributed by atoms with E-state index in [0.29, 0.717) is 0 Å². The summed E-state index contributed by atoms with van der Waals surface area (Å²) in [5.41, 5.74) is 12.8. The third kappa shape index (κ3) is 4.07. The minimum Gasteiger partial charge on any atom is -0.456 e. The van der Waals surface area contributed by atoms with Crippen molar-refractivity contribution in [2.24, 2.45) is 0 Å². The van der Waals surface area contributed by atoms with Gasteiger partial charge >= 0.3 is 0 Å². The highest BCUT2D eigenvalue weighted by Gasteiger charge is 2.38. The summed E-state index contributed by atoms with van der Waals surface area (Å²) in [6.45, 7) is 4.71. The van der Waals surface area contributed by atoms with Gasteiger partial charge in [-0.25, -0.2) is 0 Å². The standard InChI is InChI=1S/C47H33NO/c1-47(2)38-19-8-5-16-36(38)46-39(47)20-12-23-42(46)48(40-21-9-6-15-33(40)32-26-25-30-13-3-4-14-31(30)29-32)41-22-11-18-35-34(41)27-28-44-45(35)37-17-7-10-24-43(37)49-44/h3-29H,1-2H3. The zero-order valence-electron chi connectivity index (χ0n) is 27.4. The zero-order valence-corrected chi connectivity index (χ0v) is 27.4. The Balaban J connectivity index is 1.31. The Morgan fingerprint density at radius 1 is 0.449 bits per heavy atom. The van der Waals surface area contributed by atoms with E-state index in [1.807, 2.05) is 6.07 Å². The quantitative estimate of drug-likeness (QED) is 0.193. The fourth-order valence-electron chi connectivity index (χ4n) is 8.34. The fourth-order valence-corrected chi connectivity index (χ4v) is 8.34. The van der Waals surface area contributed by atoms with Gasteiger partial charge in [-0.3, -0.25) is 0 Å². The van der Waals surface area contributed by atoms with E-state index in [4.69, 9.17) is 4.42 Å². The highest BCUT2D eigenvalue weighted by Crippen LogP contribution is 2.55. The molecule has 1 aromatic heterocycles. The molecule has 1 aliphatic rings. The molecular weight excluding hydrogens is 595 g/mol. The van der Waals surface area contributed by atoms with Gasteiger partial charge in [0, 0.05) is 32.7 Å². The fraction of sp³-hybridized carbons (Fsp3) is 0.0638. The minimum absolute atomic E-state index is 0.119. The van der Waals surface area contributed by atoms with Gasteiger partial charge in [-0.1, -0.05) is 135 Å². The first-order valence-corrected chi connectivity index (χ1v) is 17.0. The van der Waals surface area contributed by atoms with Crippen LogP contribution >= 0.6 is 0 Å². The number of nitrogens with zero attached hydrogens (tertiary/aromatic N) is 1. The molecule has 0 radical (unpaired) electrons. The Morgan fingerprint density at radius 3 is 2.04 bits per heavy atom. The van der Waals surface area contributed by atoms with Crippen molar-refractivity contribution in [1.82, 2.24) is 0 Å². The van der Waals surface area contributed by atoms with Crippen LogP contribution in [0.2, 0.25) is 0 Å². The maximum Gasteiger partial charge on any atom is 0.136 e. The number of hydrogen-bond donors (Lipinski definition) is 0. The molecule has 0 spiro atoms. The van der Waals surface area contributed by atoms with Crippen LogP contribution < -0.4 is 4.90 Å². The van der Waals surface area contributed by atoms with Crippen LogP contribution in [0.25, 0.3) is 65.7 Å². The van der Waals surface area contributed by atoms with E-state index in [1.165, 1.54) is 60.6 Å². The number of hydrogen-bond acceptors (Lipinski definition) is 2. The lowest BCUT2D eigenvalue weighted by molar-refractivity contribution is 0.660. The Hall–Kier alpha value is -6.12. The van der Waals surface area contributed by atoms with Gasteiger partial charge in [0.2, 0.25) is 0 Å². The molecule has 0 amide bonds. The molecule has 0 bridgehead atoms. The van der Waals surface area contributed by atoms with Crippen LogP contribution in [0.5, 0.6) is 0 Å². The summed E-state index contributed by atoms with van der Waals surface area (Å²) in [6, 6.07) is 59.6. The summed E-state index contributed by atoms with van der Waals surface area (Å²) < 4.78 is 6.35. The predicted octanol–water partition coefficient (Wildman–Crippen LogP) is 13.3. The van der Waals surface area contributed by atoms with Crippen molar-refractivity contribution in [1.29, 1.82) is 0 Å². The molecule has 0 saturated heterocycles. The number of furan rings is 1. The van der Waals surface area contributed by atoms with Gasteiger partial charge in [-0.2, -0.15) is 0 Å². The second kappa shape index (κ2) is 10.4. The van der Waals surface area contributed by atoms with E-state index in [-0.39, 0.29) is 5.41 Å². The van der Waals surface area contributed by atoms with Gasteiger partial charge in [-0.15, -0.1) is 0 Å². The van der Waals surface area contributed by atoms with E-state index in [9.17, 15) is 0 Å². The Bertz CT molecular complexity index is 2770. The molecule has 0 atom stereocenters. The molecule has 232 valence electrons. The van der Waals surface area contributed by atoms with Crippen LogP contribution in [-0.4, -0.2) is 0 Å². The second-order valence-corrected chi connectivity index (χ2v) is 13.7. The first-order valence-electron chi connectivity index (χ1n) is 17.0. The van der Waals surface area contributed by atoms with Crippen molar-refractivity contribution in [3.05, 3.63) is 175 Å². The van der Waals surface area contributed by atoms with Crippen LogP contribution in [0.4, 0.5) is 17.1 Å². The monoisotopic (exact) mass is 627 g/mol. The lowest BCUT2D eigenvalue weighted by Gasteiger charge is -2.31. The highest BCUT2D eigenvalue weighted by molar-refractivity contribution is 6.21. The van der Waals surface area contributed by atoms with Crippen molar-refractivity contribution in [2.45, 2.75) is 19.3 Å². The molecule has 10 rings (SSSR count).